The molecule has 0 spiro atoms. The smallest absolute Gasteiger partial charge is 0.123 e. The highest BCUT2D eigenvalue weighted by molar-refractivity contribution is 5.91. The van der Waals surface area contributed by atoms with Crippen LogP contribution in [0, 0.1) is 5.82 Å². The molecule has 3 nitrogen and oxygen atoms in total. The van der Waals surface area contributed by atoms with Crippen LogP contribution in [0.4, 0.5) is 4.39 Å². The third-order valence-electron chi connectivity index (χ3n) is 8.54. The number of hydrogen-bond acceptors (Lipinski definition) is 2. The molecule has 0 aliphatic carbocycles. The summed E-state index contributed by atoms with van der Waals surface area (Å²) in [5, 5.41) is 0. The van der Waals surface area contributed by atoms with E-state index in [1.54, 1.807) is 0 Å². The number of nitrogens with zero attached hydrogens (tertiary/aromatic N) is 2. The van der Waals surface area contributed by atoms with Gasteiger partial charge >= 0.3 is 0 Å². The van der Waals surface area contributed by atoms with Crippen molar-refractivity contribution in [3.05, 3.63) is 144 Å². The largest absolute Gasteiger partial charge is 0.360 e. The summed E-state index contributed by atoms with van der Waals surface area (Å²) in [6.45, 7) is 2.03. The number of hydrogen-bond donors (Lipinski definition) is 1. The van der Waals surface area contributed by atoms with Crippen LogP contribution in [0.1, 0.15) is 29.5 Å². The Bertz CT molecular complexity index is 1570. The zero-order chi connectivity index (χ0) is 26.2. The van der Waals surface area contributed by atoms with Crippen molar-refractivity contribution in [1.82, 2.24) is 14.9 Å². The Hall–Kier alpha value is -4.28. The monoisotopic (exact) mass is 511 g/mol. The van der Waals surface area contributed by atoms with Crippen LogP contribution in [-0.2, 0) is 5.41 Å². The molecule has 0 saturated carbocycles. The number of H-pyrrole nitrogens is 1. The maximum atomic E-state index is 13.7. The molecule has 0 radical (unpaired) electrons. The molecular formula is C35H30FN3. The zero-order valence-electron chi connectivity index (χ0n) is 21.7. The first-order valence-corrected chi connectivity index (χ1v) is 13.7. The van der Waals surface area contributed by atoms with Gasteiger partial charge < -0.3 is 4.98 Å². The summed E-state index contributed by atoms with van der Waals surface area (Å²) in [5.74, 6) is -0.229. The van der Waals surface area contributed by atoms with Gasteiger partial charge in [-0.05, 0) is 77.1 Å². The molecule has 2 aliphatic heterocycles. The Kier molecular flexibility index (Phi) is 5.98. The first kappa shape index (κ1) is 23.8. The molecule has 3 aromatic carbocycles. The quantitative estimate of drug-likeness (QED) is 0.262. The molecule has 1 fully saturated rings. The van der Waals surface area contributed by atoms with E-state index in [2.05, 4.69) is 99.9 Å². The molecule has 2 aliphatic rings. The number of halogens is 1. The average molecular weight is 512 g/mol. The fourth-order valence-electron chi connectivity index (χ4n) is 6.67. The third kappa shape index (κ3) is 4.21. The summed E-state index contributed by atoms with van der Waals surface area (Å²) in [6, 6.07) is 33.2. The molecule has 0 bridgehead atoms. The van der Waals surface area contributed by atoms with E-state index in [9.17, 15) is 4.39 Å². The molecule has 39 heavy (non-hydrogen) atoms. The summed E-state index contributed by atoms with van der Waals surface area (Å²) < 4.78 is 13.7. The van der Waals surface area contributed by atoms with Crippen molar-refractivity contribution >= 4 is 5.57 Å². The van der Waals surface area contributed by atoms with Gasteiger partial charge in [0.25, 0.3) is 0 Å². The second-order valence-electron chi connectivity index (χ2n) is 10.7. The van der Waals surface area contributed by atoms with Crippen LogP contribution in [0.5, 0.6) is 0 Å². The number of aromatic amines is 1. The van der Waals surface area contributed by atoms with Crippen molar-refractivity contribution in [2.45, 2.75) is 24.3 Å². The number of aromatic nitrogens is 2. The van der Waals surface area contributed by atoms with Crippen LogP contribution in [0.2, 0.25) is 0 Å². The first-order valence-electron chi connectivity index (χ1n) is 13.7. The lowest BCUT2D eigenvalue weighted by molar-refractivity contribution is 0.280. The fourth-order valence-corrected chi connectivity index (χ4v) is 6.67. The van der Waals surface area contributed by atoms with Gasteiger partial charge in [0.2, 0.25) is 0 Å². The predicted molar refractivity (Wildman–Crippen MR) is 156 cm³/mol. The van der Waals surface area contributed by atoms with Crippen molar-refractivity contribution in [3.8, 4) is 22.4 Å². The summed E-state index contributed by atoms with van der Waals surface area (Å²) in [6.07, 6.45) is 10.3. The topological polar surface area (TPSA) is 31.9 Å². The highest BCUT2D eigenvalue weighted by Crippen LogP contribution is 2.47. The van der Waals surface area contributed by atoms with Gasteiger partial charge in [-0.3, -0.25) is 9.88 Å². The average Bonchev–Trinajstić information content (AvgIpc) is 3.62. The van der Waals surface area contributed by atoms with E-state index in [-0.39, 0.29) is 11.2 Å². The summed E-state index contributed by atoms with van der Waals surface area (Å²) in [7, 11) is 0. The Balaban J connectivity index is 1.31. The maximum absolute atomic E-state index is 13.7. The molecule has 4 heteroatoms. The predicted octanol–water partition coefficient (Wildman–Crippen LogP) is 7.73. The van der Waals surface area contributed by atoms with E-state index in [1.807, 2.05) is 24.5 Å². The van der Waals surface area contributed by atoms with E-state index < -0.39 is 0 Å². The normalized spacial score (nSPS) is 18.5. The second kappa shape index (κ2) is 9.79. The Labute approximate surface area is 228 Å². The van der Waals surface area contributed by atoms with Gasteiger partial charge in [0, 0.05) is 54.3 Å². The molecule has 7 rings (SSSR count). The lowest BCUT2D eigenvalue weighted by Crippen LogP contribution is -2.35. The van der Waals surface area contributed by atoms with Crippen molar-refractivity contribution in [1.29, 1.82) is 0 Å². The summed E-state index contributed by atoms with van der Waals surface area (Å²) in [4.78, 5) is 10.4. The fraction of sp³-hybridized carbons (Fsp3) is 0.171. The number of benzene rings is 3. The van der Waals surface area contributed by atoms with E-state index in [4.69, 9.17) is 0 Å². The Morgan fingerprint density at radius 1 is 0.795 bits per heavy atom. The van der Waals surface area contributed by atoms with Gasteiger partial charge in [0.1, 0.15) is 5.82 Å². The highest BCUT2D eigenvalue weighted by Gasteiger charge is 2.46. The molecule has 1 N–H and O–H groups in total. The second-order valence-corrected chi connectivity index (χ2v) is 10.7. The van der Waals surface area contributed by atoms with Gasteiger partial charge in [0.15, 0.2) is 0 Å². The SMILES string of the molecule is Fc1ccc(-c2[nH]cc(C3=CC4CC(c5ccccc5)(c5ccccc5)CN4CC3)c2-c2ccncc2)cc1. The molecule has 2 aromatic heterocycles. The van der Waals surface area contributed by atoms with Crippen molar-refractivity contribution in [3.63, 3.8) is 0 Å². The van der Waals surface area contributed by atoms with Crippen LogP contribution in [0.3, 0.4) is 0 Å². The van der Waals surface area contributed by atoms with Crippen LogP contribution >= 0.6 is 0 Å². The van der Waals surface area contributed by atoms with Gasteiger partial charge in [0.05, 0.1) is 5.69 Å². The Morgan fingerprint density at radius 2 is 1.46 bits per heavy atom. The molecule has 5 aromatic rings. The van der Waals surface area contributed by atoms with E-state index in [0.29, 0.717) is 6.04 Å². The van der Waals surface area contributed by atoms with Gasteiger partial charge in [-0.25, -0.2) is 4.39 Å². The third-order valence-corrected chi connectivity index (χ3v) is 8.54. The van der Waals surface area contributed by atoms with Gasteiger partial charge in [-0.15, -0.1) is 0 Å². The summed E-state index contributed by atoms with van der Waals surface area (Å²) in [5.41, 5.74) is 9.56. The molecule has 1 saturated heterocycles. The van der Waals surface area contributed by atoms with Gasteiger partial charge in [-0.2, -0.15) is 0 Å². The van der Waals surface area contributed by atoms with E-state index >= 15 is 0 Å². The zero-order valence-corrected chi connectivity index (χ0v) is 21.7. The number of pyridine rings is 1. The highest BCUT2D eigenvalue weighted by atomic mass is 19.1. The minimum Gasteiger partial charge on any atom is -0.360 e. The van der Waals surface area contributed by atoms with Crippen molar-refractivity contribution in [2.75, 3.05) is 13.1 Å². The van der Waals surface area contributed by atoms with Crippen LogP contribution in [0.25, 0.3) is 28.0 Å². The van der Waals surface area contributed by atoms with E-state index in [1.165, 1.54) is 34.4 Å². The van der Waals surface area contributed by atoms with Crippen LogP contribution in [0.15, 0.2) is 122 Å². The molecule has 192 valence electrons. The lowest BCUT2D eigenvalue weighted by atomic mass is 9.73. The lowest BCUT2D eigenvalue weighted by Gasteiger charge is -2.31. The van der Waals surface area contributed by atoms with Crippen LogP contribution in [-0.4, -0.2) is 34.0 Å². The van der Waals surface area contributed by atoms with Crippen molar-refractivity contribution < 1.29 is 4.39 Å². The van der Waals surface area contributed by atoms with E-state index in [0.717, 1.165) is 48.3 Å². The standard InChI is InChI=1S/C35H30FN3/c36-30-13-11-26(12-14-30)34-33(25-15-18-37-19-16-25)32(23-38-34)27-17-20-39-24-35(22-31(39)21-27,28-7-3-1-4-8-28)29-9-5-2-6-10-29/h1-16,18-19,21,23,31,38H,17,20,22,24H2. The first-order chi connectivity index (χ1) is 19.2. The molecule has 4 heterocycles. The summed E-state index contributed by atoms with van der Waals surface area (Å²) >= 11 is 0. The molecule has 1 unspecified atom stereocenters. The van der Waals surface area contributed by atoms with Crippen LogP contribution < -0.4 is 0 Å². The molecule has 1 atom stereocenters. The van der Waals surface area contributed by atoms with Gasteiger partial charge in [-0.1, -0.05) is 66.7 Å². The minimum absolute atomic E-state index is 0.0372. The number of nitrogens with one attached hydrogen (secondary N) is 1. The molecule has 0 amide bonds. The minimum atomic E-state index is -0.229. The molecular weight excluding hydrogens is 481 g/mol. The Morgan fingerprint density at radius 3 is 2.13 bits per heavy atom. The maximum Gasteiger partial charge on any atom is 0.123 e. The number of rotatable bonds is 5. The number of fused-ring (bicyclic) bond motifs is 1. The van der Waals surface area contributed by atoms with Crippen molar-refractivity contribution in [2.24, 2.45) is 0 Å².